The molecule has 1 aliphatic carbocycles. The average Bonchev–Trinajstić information content (AvgIpc) is 2.97. The lowest BCUT2D eigenvalue weighted by atomic mass is 10.2. The third kappa shape index (κ3) is 4.64. The zero-order valence-electron chi connectivity index (χ0n) is 11.9. The first-order valence-electron chi connectivity index (χ1n) is 7.09. The molecule has 0 bridgehead atoms. The van der Waals surface area contributed by atoms with Crippen LogP contribution in [0.5, 0.6) is 11.5 Å². The van der Waals surface area contributed by atoms with Gasteiger partial charge in [-0.25, -0.2) is 4.79 Å². The predicted molar refractivity (Wildman–Crippen MR) is 77.3 cm³/mol. The minimum Gasteiger partial charge on any atom is -0.497 e. The van der Waals surface area contributed by atoms with E-state index in [2.05, 4.69) is 10.6 Å². The van der Waals surface area contributed by atoms with E-state index >= 15 is 0 Å². The van der Waals surface area contributed by atoms with E-state index in [1.165, 1.54) is 12.8 Å². The number of carbonyl (C=O) groups is 1. The molecule has 1 aromatic rings. The van der Waals surface area contributed by atoms with Crippen molar-refractivity contribution in [2.24, 2.45) is 0 Å². The highest BCUT2D eigenvalue weighted by atomic mass is 16.5. The molecule has 0 aliphatic heterocycles. The Morgan fingerprint density at radius 2 is 2.05 bits per heavy atom. The summed E-state index contributed by atoms with van der Waals surface area (Å²) in [7, 11) is 1.62. The molecule has 0 atom stereocenters. The van der Waals surface area contributed by atoms with Crippen LogP contribution in [-0.2, 0) is 0 Å². The number of carbonyl (C=O) groups excluding carboxylic acids is 1. The largest absolute Gasteiger partial charge is 0.497 e. The summed E-state index contributed by atoms with van der Waals surface area (Å²) in [6.45, 7) is 0.918. The first kappa shape index (κ1) is 14.5. The molecule has 2 rings (SSSR count). The number of methoxy groups -OCH3 is 1. The molecule has 0 aromatic heterocycles. The second-order valence-corrected chi connectivity index (χ2v) is 4.91. The molecule has 1 aliphatic rings. The number of urea groups is 1. The molecular formula is C15H22N2O3. The smallest absolute Gasteiger partial charge is 0.315 e. The summed E-state index contributed by atoms with van der Waals surface area (Å²) >= 11 is 0. The minimum absolute atomic E-state index is 0.105. The zero-order valence-corrected chi connectivity index (χ0v) is 11.9. The van der Waals surface area contributed by atoms with Crippen molar-refractivity contribution < 1.29 is 14.3 Å². The quantitative estimate of drug-likeness (QED) is 0.785. The Labute approximate surface area is 119 Å². The number of hydrogen-bond acceptors (Lipinski definition) is 3. The Bertz CT molecular complexity index is 431. The lowest BCUT2D eigenvalue weighted by molar-refractivity contribution is 0.232. The van der Waals surface area contributed by atoms with Crippen LogP contribution in [0.2, 0.25) is 0 Å². The Balaban J connectivity index is 1.61. The van der Waals surface area contributed by atoms with Gasteiger partial charge in [-0.05, 0) is 25.0 Å². The van der Waals surface area contributed by atoms with E-state index in [0.29, 0.717) is 19.2 Å². The van der Waals surface area contributed by atoms with Crippen molar-refractivity contribution in [2.75, 3.05) is 20.3 Å². The molecule has 0 unspecified atom stereocenters. The van der Waals surface area contributed by atoms with Gasteiger partial charge in [0, 0.05) is 12.1 Å². The van der Waals surface area contributed by atoms with Crippen molar-refractivity contribution in [3.63, 3.8) is 0 Å². The number of ether oxygens (including phenoxy) is 2. The van der Waals surface area contributed by atoms with Crippen LogP contribution in [0.4, 0.5) is 4.79 Å². The van der Waals surface area contributed by atoms with E-state index < -0.39 is 0 Å². The van der Waals surface area contributed by atoms with E-state index in [0.717, 1.165) is 24.3 Å². The Morgan fingerprint density at radius 3 is 2.80 bits per heavy atom. The fraction of sp³-hybridized carbons (Fsp3) is 0.533. The molecule has 0 heterocycles. The molecule has 2 N–H and O–H groups in total. The zero-order chi connectivity index (χ0) is 14.2. The lowest BCUT2D eigenvalue weighted by Crippen LogP contribution is -2.42. The summed E-state index contributed by atoms with van der Waals surface area (Å²) in [4.78, 5) is 11.6. The highest BCUT2D eigenvalue weighted by Gasteiger charge is 2.16. The van der Waals surface area contributed by atoms with Crippen LogP contribution in [-0.4, -0.2) is 32.3 Å². The van der Waals surface area contributed by atoms with Gasteiger partial charge in [0.15, 0.2) is 0 Å². The monoisotopic (exact) mass is 278 g/mol. The number of amides is 2. The van der Waals surface area contributed by atoms with Gasteiger partial charge in [0.25, 0.3) is 0 Å². The number of nitrogens with one attached hydrogen (secondary N) is 2. The molecular weight excluding hydrogens is 256 g/mol. The molecule has 0 radical (unpaired) electrons. The fourth-order valence-electron chi connectivity index (χ4n) is 2.33. The van der Waals surface area contributed by atoms with E-state index in [4.69, 9.17) is 9.47 Å². The van der Waals surface area contributed by atoms with Crippen molar-refractivity contribution >= 4 is 6.03 Å². The van der Waals surface area contributed by atoms with Gasteiger partial charge in [0.2, 0.25) is 0 Å². The molecule has 2 amide bonds. The normalized spacial score (nSPS) is 14.8. The Morgan fingerprint density at radius 1 is 1.30 bits per heavy atom. The van der Waals surface area contributed by atoms with Crippen molar-refractivity contribution in [1.29, 1.82) is 0 Å². The first-order valence-corrected chi connectivity index (χ1v) is 7.09. The first-order chi connectivity index (χ1) is 9.78. The minimum atomic E-state index is -0.105. The third-order valence-corrected chi connectivity index (χ3v) is 3.39. The molecule has 0 saturated heterocycles. The van der Waals surface area contributed by atoms with Gasteiger partial charge >= 0.3 is 6.03 Å². The molecule has 110 valence electrons. The topological polar surface area (TPSA) is 59.6 Å². The Kier molecular flexibility index (Phi) is 5.53. The van der Waals surface area contributed by atoms with E-state index in [-0.39, 0.29) is 6.03 Å². The van der Waals surface area contributed by atoms with Crippen LogP contribution in [0, 0.1) is 0 Å². The predicted octanol–water partition coefficient (Wildman–Crippen LogP) is 2.32. The Hall–Kier alpha value is -1.91. The summed E-state index contributed by atoms with van der Waals surface area (Å²) in [6, 6.07) is 7.65. The van der Waals surface area contributed by atoms with Gasteiger partial charge in [0.1, 0.15) is 18.1 Å². The molecule has 20 heavy (non-hydrogen) atoms. The summed E-state index contributed by atoms with van der Waals surface area (Å²) in [5.41, 5.74) is 0. The van der Waals surface area contributed by atoms with Crippen LogP contribution in [0.3, 0.4) is 0 Å². The maximum atomic E-state index is 11.6. The highest BCUT2D eigenvalue weighted by molar-refractivity contribution is 5.74. The van der Waals surface area contributed by atoms with Crippen molar-refractivity contribution in [3.8, 4) is 11.5 Å². The number of hydrogen-bond donors (Lipinski definition) is 2. The molecule has 5 heteroatoms. The standard InChI is InChI=1S/C15H22N2O3/c1-19-13-7-4-8-14(11-13)20-10-9-16-15(18)17-12-5-2-3-6-12/h4,7-8,11-12H,2-3,5-6,9-10H2,1H3,(H2,16,17,18). The summed E-state index contributed by atoms with van der Waals surface area (Å²) < 4.78 is 10.7. The van der Waals surface area contributed by atoms with Crippen LogP contribution in [0.15, 0.2) is 24.3 Å². The second-order valence-electron chi connectivity index (χ2n) is 4.91. The molecule has 1 saturated carbocycles. The van der Waals surface area contributed by atoms with Gasteiger partial charge in [-0.1, -0.05) is 18.9 Å². The summed E-state index contributed by atoms with van der Waals surface area (Å²) in [5, 5.41) is 5.77. The van der Waals surface area contributed by atoms with E-state index in [1.54, 1.807) is 7.11 Å². The van der Waals surface area contributed by atoms with E-state index in [1.807, 2.05) is 24.3 Å². The van der Waals surface area contributed by atoms with Gasteiger partial charge in [-0.2, -0.15) is 0 Å². The third-order valence-electron chi connectivity index (χ3n) is 3.39. The van der Waals surface area contributed by atoms with Gasteiger partial charge in [-0.15, -0.1) is 0 Å². The summed E-state index contributed by atoms with van der Waals surface area (Å²) in [6.07, 6.45) is 4.61. The van der Waals surface area contributed by atoms with Crippen molar-refractivity contribution in [3.05, 3.63) is 24.3 Å². The maximum absolute atomic E-state index is 11.6. The fourth-order valence-corrected chi connectivity index (χ4v) is 2.33. The van der Waals surface area contributed by atoms with Crippen LogP contribution in [0.25, 0.3) is 0 Å². The van der Waals surface area contributed by atoms with Crippen LogP contribution < -0.4 is 20.1 Å². The van der Waals surface area contributed by atoms with Crippen molar-refractivity contribution in [2.45, 2.75) is 31.7 Å². The van der Waals surface area contributed by atoms with Gasteiger partial charge < -0.3 is 20.1 Å². The van der Waals surface area contributed by atoms with Crippen molar-refractivity contribution in [1.82, 2.24) is 10.6 Å². The molecule has 1 aromatic carbocycles. The lowest BCUT2D eigenvalue weighted by Gasteiger charge is -2.13. The molecule has 5 nitrogen and oxygen atoms in total. The second kappa shape index (κ2) is 7.62. The molecule has 1 fully saturated rings. The summed E-state index contributed by atoms with van der Waals surface area (Å²) in [5.74, 6) is 1.50. The highest BCUT2D eigenvalue weighted by Crippen LogP contribution is 2.18. The van der Waals surface area contributed by atoms with Gasteiger partial charge in [0.05, 0.1) is 13.7 Å². The van der Waals surface area contributed by atoms with E-state index in [9.17, 15) is 4.79 Å². The average molecular weight is 278 g/mol. The van der Waals surface area contributed by atoms with Gasteiger partial charge in [-0.3, -0.25) is 0 Å². The molecule has 0 spiro atoms. The maximum Gasteiger partial charge on any atom is 0.315 e. The number of benzene rings is 1. The SMILES string of the molecule is COc1cccc(OCCNC(=O)NC2CCCC2)c1. The van der Waals surface area contributed by atoms with Crippen LogP contribution in [0.1, 0.15) is 25.7 Å². The number of rotatable bonds is 6. The van der Waals surface area contributed by atoms with Crippen LogP contribution >= 0.6 is 0 Å².